The summed E-state index contributed by atoms with van der Waals surface area (Å²) in [5.41, 5.74) is 0. The molecule has 18 atom stereocenters. The van der Waals surface area contributed by atoms with Gasteiger partial charge in [0.1, 0.15) is 0 Å². The summed E-state index contributed by atoms with van der Waals surface area (Å²) < 4.78 is 20.5. The summed E-state index contributed by atoms with van der Waals surface area (Å²) >= 11 is 0. The quantitative estimate of drug-likeness (QED) is 0.0469. The zero-order valence-electron chi connectivity index (χ0n) is 57.4. The molecule has 0 bridgehead atoms. The topological polar surface area (TPSA) is 68.2 Å². The molecule has 0 aromatic rings. The summed E-state index contributed by atoms with van der Waals surface area (Å²) in [7, 11) is 0. The number of hydrogen-bond acceptors (Lipinski definition) is 5. The molecule has 0 aromatic carbocycles. The van der Waals surface area contributed by atoms with Gasteiger partial charge < -0.3 is 24.4 Å². The number of ether oxygens (including phenoxy) is 3. The van der Waals surface area contributed by atoms with Gasteiger partial charge in [0.05, 0.1) is 12.2 Å². The lowest BCUT2D eigenvalue weighted by Crippen LogP contribution is -2.28. The largest absolute Gasteiger partial charge is 0.393 e. The maximum Gasteiger partial charge on any atom is 0.160 e. The van der Waals surface area contributed by atoms with Gasteiger partial charge >= 0.3 is 0 Å². The summed E-state index contributed by atoms with van der Waals surface area (Å²) in [6.07, 6.45) is 44.6. The Morgan fingerprint density at radius 1 is 0.228 bits per heavy atom. The van der Waals surface area contributed by atoms with Crippen molar-refractivity contribution in [1.29, 1.82) is 0 Å². The molecule has 0 aliphatic carbocycles. The average molecular weight is 1120 g/mol. The maximum atomic E-state index is 9.84. The number of rotatable bonds is 58. The van der Waals surface area contributed by atoms with Crippen molar-refractivity contribution in [3.63, 3.8) is 0 Å². The van der Waals surface area contributed by atoms with Crippen LogP contribution in [0.15, 0.2) is 0 Å². The van der Waals surface area contributed by atoms with Crippen LogP contribution < -0.4 is 0 Å². The fourth-order valence-corrected chi connectivity index (χ4v) is 15.5. The Hall–Kier alpha value is -0.200. The van der Waals surface area contributed by atoms with Crippen LogP contribution in [-0.2, 0) is 14.2 Å². The van der Waals surface area contributed by atoms with Crippen LogP contribution >= 0.6 is 0 Å². The summed E-state index contributed by atoms with van der Waals surface area (Å²) in [5, 5.41) is 19.7. The summed E-state index contributed by atoms with van der Waals surface area (Å²) in [4.78, 5) is 0. The highest BCUT2D eigenvalue weighted by Gasteiger charge is 2.24. The summed E-state index contributed by atoms with van der Waals surface area (Å²) in [5.74, 6) is 10.2. The number of aliphatic hydroxyl groups is 2. The molecule has 0 fully saturated rings. The lowest BCUT2D eigenvalue weighted by Gasteiger charge is -2.27. The van der Waals surface area contributed by atoms with Gasteiger partial charge in [0.2, 0.25) is 0 Å². The molecule has 0 radical (unpaired) electrons. The van der Waals surface area contributed by atoms with Gasteiger partial charge in [-0.1, -0.05) is 214 Å². The minimum atomic E-state index is -0.186. The fraction of sp³-hybridized carbons (Fsp3) is 1.00. The molecule has 0 aliphatic heterocycles. The second-order valence-electron chi connectivity index (χ2n) is 30.0. The molecule has 0 heterocycles. The van der Waals surface area contributed by atoms with E-state index in [2.05, 4.69) is 111 Å². The predicted molar refractivity (Wildman–Crippen MR) is 350 cm³/mol. The van der Waals surface area contributed by atoms with Crippen molar-refractivity contribution in [3.05, 3.63) is 0 Å². The highest BCUT2D eigenvalue weighted by molar-refractivity contribution is 4.73. The van der Waals surface area contributed by atoms with Crippen LogP contribution in [0.3, 0.4) is 0 Å². The molecular weight excluding hydrogens is 969 g/mol. The molecule has 79 heavy (non-hydrogen) atoms. The third-order valence-electron chi connectivity index (χ3n) is 18.3. The molecule has 0 amide bonds. The van der Waals surface area contributed by atoms with Gasteiger partial charge in [0.15, 0.2) is 12.6 Å². The van der Waals surface area contributed by atoms with Crippen LogP contribution in [0.5, 0.6) is 0 Å². The van der Waals surface area contributed by atoms with Crippen LogP contribution in [0, 0.1) is 82.9 Å². The molecule has 0 aromatic heterocycles. The van der Waals surface area contributed by atoms with E-state index in [1.165, 1.54) is 180 Å². The van der Waals surface area contributed by atoms with Crippen molar-refractivity contribution in [2.75, 3.05) is 13.2 Å². The Morgan fingerprint density at radius 3 is 0.658 bits per heavy atom. The molecule has 0 saturated carbocycles. The first-order valence-electron chi connectivity index (χ1n) is 35.8. The fourth-order valence-electron chi connectivity index (χ4n) is 15.5. The third-order valence-corrected chi connectivity index (χ3v) is 18.3. The van der Waals surface area contributed by atoms with E-state index in [-0.39, 0.29) is 24.8 Å². The van der Waals surface area contributed by atoms with Crippen LogP contribution in [0.4, 0.5) is 0 Å². The molecular formula is C74H150O5. The SMILES string of the molecule is CCCCCCCCCCOC(CCCC(C)CC(C)CC(C)CC(C)CC(C)CC(C)CC(C)CC(C)O)OC(CCCC(C)CC(C)CC(C)CC(C)CC(C)CC(C)CC(C)CC(C)O)OCCCCCCCCCC. The van der Waals surface area contributed by atoms with Gasteiger partial charge in [0, 0.05) is 13.2 Å². The average Bonchev–Trinajstić information content (AvgIpc) is 3.31. The lowest BCUT2D eigenvalue weighted by atomic mass is 9.80. The first-order valence-corrected chi connectivity index (χ1v) is 35.8. The van der Waals surface area contributed by atoms with Crippen molar-refractivity contribution in [2.45, 2.75) is 381 Å². The van der Waals surface area contributed by atoms with E-state index >= 15 is 0 Å². The van der Waals surface area contributed by atoms with Crippen molar-refractivity contribution in [3.8, 4) is 0 Å². The van der Waals surface area contributed by atoms with Crippen molar-refractivity contribution in [1.82, 2.24) is 0 Å². The Bertz CT molecular complexity index is 1180. The Kier molecular flexibility index (Phi) is 50.9. The molecule has 0 spiro atoms. The van der Waals surface area contributed by atoms with E-state index in [1.54, 1.807) is 0 Å². The van der Waals surface area contributed by atoms with Crippen molar-refractivity contribution in [2.24, 2.45) is 82.9 Å². The second-order valence-corrected chi connectivity index (χ2v) is 30.0. The van der Waals surface area contributed by atoms with Gasteiger partial charge in [-0.2, -0.15) is 0 Å². The normalized spacial score (nSPS) is 19.3. The van der Waals surface area contributed by atoms with Gasteiger partial charge in [-0.05, 0) is 225 Å². The third kappa shape index (κ3) is 50.8. The molecule has 476 valence electrons. The first-order chi connectivity index (χ1) is 37.5. The zero-order chi connectivity index (χ0) is 59.4. The zero-order valence-corrected chi connectivity index (χ0v) is 57.4. The minimum Gasteiger partial charge on any atom is -0.393 e. The number of hydrogen-bond donors (Lipinski definition) is 2. The smallest absolute Gasteiger partial charge is 0.160 e. The summed E-state index contributed by atoms with van der Waals surface area (Å²) in [6.45, 7) is 44.6. The summed E-state index contributed by atoms with van der Waals surface area (Å²) in [6, 6.07) is 0. The highest BCUT2D eigenvalue weighted by atomic mass is 16.8. The van der Waals surface area contributed by atoms with Crippen LogP contribution in [0.2, 0.25) is 0 Å². The molecule has 0 saturated heterocycles. The van der Waals surface area contributed by atoms with Crippen molar-refractivity contribution < 1.29 is 24.4 Å². The van der Waals surface area contributed by atoms with E-state index in [0.29, 0.717) is 23.7 Å². The van der Waals surface area contributed by atoms with Crippen LogP contribution in [0.1, 0.15) is 356 Å². The van der Waals surface area contributed by atoms with Gasteiger partial charge in [0.25, 0.3) is 0 Å². The van der Waals surface area contributed by atoms with E-state index in [0.717, 1.165) is 124 Å². The van der Waals surface area contributed by atoms with Crippen molar-refractivity contribution >= 4 is 0 Å². The first kappa shape index (κ1) is 78.8. The van der Waals surface area contributed by atoms with Gasteiger partial charge in [-0.15, -0.1) is 0 Å². The molecule has 18 unspecified atom stereocenters. The molecule has 5 nitrogen and oxygen atoms in total. The molecule has 5 heteroatoms. The second kappa shape index (κ2) is 51.1. The van der Waals surface area contributed by atoms with Crippen LogP contribution in [0.25, 0.3) is 0 Å². The standard InChI is InChI=1S/C74H150O5/c1-19-21-23-25-27-29-31-33-41-77-73(39-35-37-57(3)43-59(5)45-61(7)47-63(9)49-65(11)51-67(13)53-69(15)55-71(17)75)79-74(78-42-34-32-30-28-26-24-22-20-2)40-36-38-58(4)44-60(6)46-62(8)48-64(10)50-66(12)52-68(14)54-70(16)56-72(18)76/h57-76H,19-56H2,1-18H3. The lowest BCUT2D eigenvalue weighted by molar-refractivity contribution is -0.250. The molecule has 0 rings (SSSR count). The Balaban J connectivity index is 5.48. The van der Waals surface area contributed by atoms with E-state index in [1.807, 2.05) is 13.8 Å². The monoisotopic (exact) mass is 1120 g/mol. The van der Waals surface area contributed by atoms with Crippen LogP contribution in [-0.4, -0.2) is 48.2 Å². The van der Waals surface area contributed by atoms with E-state index < -0.39 is 0 Å². The predicted octanol–water partition coefficient (Wildman–Crippen LogP) is 23.4. The molecule has 0 aliphatic rings. The Morgan fingerprint density at radius 2 is 0.430 bits per heavy atom. The molecule has 2 N–H and O–H groups in total. The Labute approximate surface area is 498 Å². The maximum absolute atomic E-state index is 9.84. The van der Waals surface area contributed by atoms with Gasteiger partial charge in [-0.3, -0.25) is 0 Å². The highest BCUT2D eigenvalue weighted by Crippen LogP contribution is 2.34. The van der Waals surface area contributed by atoms with Gasteiger partial charge in [-0.25, -0.2) is 0 Å². The number of unbranched alkanes of at least 4 members (excludes halogenated alkanes) is 14. The van der Waals surface area contributed by atoms with E-state index in [4.69, 9.17) is 14.2 Å². The van der Waals surface area contributed by atoms with E-state index in [9.17, 15) is 10.2 Å². The minimum absolute atomic E-state index is 0.184. The number of aliphatic hydroxyl groups excluding tert-OH is 2.